The van der Waals surface area contributed by atoms with Crippen molar-refractivity contribution in [1.29, 1.82) is 0 Å². The maximum atomic E-state index is 13.1. The third-order valence-corrected chi connectivity index (χ3v) is 4.26. The Labute approximate surface area is 165 Å². The Balaban J connectivity index is 2.01. The van der Waals surface area contributed by atoms with Crippen LogP contribution in [0.3, 0.4) is 0 Å². The molecule has 0 saturated carbocycles. The molecule has 3 N–H and O–H groups in total. The van der Waals surface area contributed by atoms with Gasteiger partial charge in [0, 0.05) is 11.6 Å². The van der Waals surface area contributed by atoms with Gasteiger partial charge in [-0.25, -0.2) is 9.82 Å². The highest BCUT2D eigenvalue weighted by atomic mass is 19.1. The van der Waals surface area contributed by atoms with Crippen LogP contribution in [0.5, 0.6) is 5.75 Å². The predicted octanol–water partition coefficient (Wildman–Crippen LogP) is 2.31. The van der Waals surface area contributed by atoms with E-state index in [0.29, 0.717) is 18.1 Å². The lowest BCUT2D eigenvalue weighted by Gasteiger charge is -2.12. The number of carbonyl (C=O) groups excluding carboxylic acids is 3. The fourth-order valence-electron chi connectivity index (χ4n) is 2.87. The second-order valence-corrected chi connectivity index (χ2v) is 6.53. The van der Waals surface area contributed by atoms with Crippen LogP contribution in [-0.4, -0.2) is 34.6 Å². The third kappa shape index (κ3) is 4.61. The number of fused-ring (bicyclic) bond motifs is 1. The summed E-state index contributed by atoms with van der Waals surface area (Å²) in [4.78, 5) is 39.1. The van der Waals surface area contributed by atoms with Crippen molar-refractivity contribution >= 4 is 28.9 Å². The average molecular weight is 395 g/mol. The summed E-state index contributed by atoms with van der Waals surface area (Å²) in [6.45, 7) is 1.31. The monoisotopic (exact) mass is 395 g/mol. The molecule has 1 heterocycles. The Morgan fingerprint density at radius 3 is 2.55 bits per heavy atom. The number of phenols is 1. The minimum atomic E-state index is -0.583. The van der Waals surface area contributed by atoms with E-state index in [1.54, 1.807) is 18.2 Å². The first-order valence-corrected chi connectivity index (χ1v) is 8.76. The molecule has 0 radical (unpaired) electrons. The van der Waals surface area contributed by atoms with Crippen LogP contribution in [0.15, 0.2) is 42.6 Å². The highest BCUT2D eigenvalue weighted by Gasteiger charge is 2.18. The van der Waals surface area contributed by atoms with Gasteiger partial charge in [-0.05, 0) is 48.7 Å². The largest absolute Gasteiger partial charge is 0.505 e. The Bertz CT molecular complexity index is 1100. The maximum absolute atomic E-state index is 13.1. The summed E-state index contributed by atoms with van der Waals surface area (Å²) in [5, 5.41) is 10.6. The standard InChI is InChI=1S/C21H18FN3O4/c1-12(27)9-24-25-21(29)18-8-15(11-26)20(28)19-17(18)7-14(10-23-19)6-13-2-4-16(22)5-3-13/h2-5,7-8,10-11,24,28H,6,9H2,1H3,(H,25,29). The van der Waals surface area contributed by atoms with Crippen LogP contribution in [0.1, 0.15) is 38.8 Å². The molecule has 0 aliphatic rings. The Hall–Kier alpha value is -3.65. The predicted molar refractivity (Wildman–Crippen MR) is 104 cm³/mol. The van der Waals surface area contributed by atoms with Gasteiger partial charge in [0.15, 0.2) is 12.0 Å². The van der Waals surface area contributed by atoms with E-state index in [1.807, 2.05) is 0 Å². The van der Waals surface area contributed by atoms with Gasteiger partial charge < -0.3 is 5.11 Å². The normalized spacial score (nSPS) is 10.7. The minimum Gasteiger partial charge on any atom is -0.505 e. The van der Waals surface area contributed by atoms with E-state index in [-0.39, 0.29) is 40.5 Å². The summed E-state index contributed by atoms with van der Waals surface area (Å²) in [6, 6.07) is 8.94. The van der Waals surface area contributed by atoms with Gasteiger partial charge in [0.2, 0.25) is 0 Å². The second kappa shape index (κ2) is 8.57. The number of hydrogen-bond acceptors (Lipinski definition) is 6. The number of aromatic nitrogens is 1. The van der Waals surface area contributed by atoms with E-state index < -0.39 is 5.91 Å². The molecule has 148 valence electrons. The molecule has 1 amide bonds. The van der Waals surface area contributed by atoms with E-state index in [2.05, 4.69) is 15.8 Å². The summed E-state index contributed by atoms with van der Waals surface area (Å²) in [5.41, 5.74) is 6.61. The average Bonchev–Trinajstić information content (AvgIpc) is 2.69. The molecule has 7 nitrogen and oxygen atoms in total. The first-order chi connectivity index (χ1) is 13.9. The molecule has 0 spiro atoms. The van der Waals surface area contributed by atoms with E-state index >= 15 is 0 Å². The van der Waals surface area contributed by atoms with E-state index in [0.717, 1.165) is 11.1 Å². The molecule has 0 saturated heterocycles. The SMILES string of the molecule is CC(=O)CNNC(=O)c1cc(C=O)c(O)c2ncc(Cc3ccc(F)cc3)cc12. The molecule has 1 aromatic heterocycles. The van der Waals surface area contributed by atoms with E-state index in [9.17, 15) is 23.9 Å². The molecule has 2 aromatic carbocycles. The number of halogens is 1. The first-order valence-electron chi connectivity index (χ1n) is 8.76. The molecule has 0 aliphatic carbocycles. The third-order valence-electron chi connectivity index (χ3n) is 4.26. The highest BCUT2D eigenvalue weighted by Crippen LogP contribution is 2.30. The summed E-state index contributed by atoms with van der Waals surface area (Å²) in [5.74, 6) is -1.41. The van der Waals surface area contributed by atoms with Gasteiger partial charge in [0.05, 0.1) is 17.7 Å². The Morgan fingerprint density at radius 1 is 1.17 bits per heavy atom. The lowest BCUT2D eigenvalue weighted by Crippen LogP contribution is -2.40. The van der Waals surface area contributed by atoms with Gasteiger partial charge in [0.1, 0.15) is 17.1 Å². The van der Waals surface area contributed by atoms with Crippen LogP contribution in [0.25, 0.3) is 10.9 Å². The number of pyridine rings is 1. The number of hydrazine groups is 1. The number of benzene rings is 2. The topological polar surface area (TPSA) is 108 Å². The van der Waals surface area contributed by atoms with Crippen LogP contribution in [0.2, 0.25) is 0 Å². The van der Waals surface area contributed by atoms with Crippen molar-refractivity contribution < 1.29 is 23.9 Å². The van der Waals surface area contributed by atoms with E-state index in [4.69, 9.17) is 0 Å². The fourth-order valence-corrected chi connectivity index (χ4v) is 2.87. The van der Waals surface area contributed by atoms with Crippen molar-refractivity contribution in [2.24, 2.45) is 0 Å². The zero-order valence-corrected chi connectivity index (χ0v) is 15.5. The summed E-state index contributed by atoms with van der Waals surface area (Å²) in [6.07, 6.45) is 2.39. The number of aldehydes is 1. The zero-order chi connectivity index (χ0) is 21.0. The highest BCUT2D eigenvalue weighted by molar-refractivity contribution is 6.10. The second-order valence-electron chi connectivity index (χ2n) is 6.53. The van der Waals surface area contributed by atoms with Gasteiger partial charge in [-0.3, -0.25) is 24.8 Å². The number of nitrogens with one attached hydrogen (secondary N) is 2. The lowest BCUT2D eigenvalue weighted by atomic mass is 9.99. The fraction of sp³-hybridized carbons (Fsp3) is 0.143. The smallest absolute Gasteiger partial charge is 0.266 e. The van der Waals surface area contributed by atoms with Crippen molar-refractivity contribution in [3.05, 3.63) is 70.7 Å². The molecule has 3 rings (SSSR count). The molecule has 3 aromatic rings. The van der Waals surface area contributed by atoms with Gasteiger partial charge in [-0.2, -0.15) is 0 Å². The van der Waals surface area contributed by atoms with Crippen LogP contribution >= 0.6 is 0 Å². The first kappa shape index (κ1) is 20.1. The van der Waals surface area contributed by atoms with Crippen molar-refractivity contribution in [2.75, 3.05) is 6.54 Å². The van der Waals surface area contributed by atoms with Crippen molar-refractivity contribution in [1.82, 2.24) is 15.8 Å². The van der Waals surface area contributed by atoms with Crippen molar-refractivity contribution in [3.63, 3.8) is 0 Å². The molecule has 0 aliphatic heterocycles. The number of rotatable bonds is 7. The molecule has 0 bridgehead atoms. The minimum absolute atomic E-state index is 0.0592. The van der Waals surface area contributed by atoms with Gasteiger partial charge in [-0.15, -0.1) is 0 Å². The lowest BCUT2D eigenvalue weighted by molar-refractivity contribution is -0.116. The van der Waals surface area contributed by atoms with Crippen LogP contribution in [0.4, 0.5) is 4.39 Å². The van der Waals surface area contributed by atoms with Crippen molar-refractivity contribution in [3.8, 4) is 5.75 Å². The number of phenolic OH excluding ortho intramolecular Hbond substituents is 1. The number of carbonyl (C=O) groups is 3. The molecule has 0 atom stereocenters. The molecular formula is C21H18FN3O4. The Morgan fingerprint density at radius 2 is 1.90 bits per heavy atom. The number of aromatic hydroxyl groups is 1. The number of nitrogens with zero attached hydrogens (tertiary/aromatic N) is 1. The van der Waals surface area contributed by atoms with Crippen molar-refractivity contribution in [2.45, 2.75) is 13.3 Å². The zero-order valence-electron chi connectivity index (χ0n) is 15.5. The molecule has 0 fully saturated rings. The number of ketones is 1. The molecule has 0 unspecified atom stereocenters. The summed E-state index contributed by atoms with van der Waals surface area (Å²) < 4.78 is 13.1. The van der Waals surface area contributed by atoms with Gasteiger partial charge >= 0.3 is 0 Å². The van der Waals surface area contributed by atoms with Crippen LogP contribution in [0, 0.1) is 5.82 Å². The molecular weight excluding hydrogens is 377 g/mol. The molecule has 29 heavy (non-hydrogen) atoms. The number of Topliss-reactive ketones (excluding diaryl/α,β-unsaturated/α-hetero) is 1. The van der Waals surface area contributed by atoms with Crippen LogP contribution in [-0.2, 0) is 11.2 Å². The van der Waals surface area contributed by atoms with Crippen LogP contribution < -0.4 is 10.9 Å². The Kier molecular flexibility index (Phi) is 5.94. The summed E-state index contributed by atoms with van der Waals surface area (Å²) in [7, 11) is 0. The molecule has 8 heteroatoms. The summed E-state index contributed by atoms with van der Waals surface area (Å²) >= 11 is 0. The van der Waals surface area contributed by atoms with E-state index in [1.165, 1.54) is 31.3 Å². The quantitative estimate of drug-likeness (QED) is 0.419. The maximum Gasteiger partial charge on any atom is 0.266 e. The number of amides is 1. The number of hydrogen-bond donors (Lipinski definition) is 3. The van der Waals surface area contributed by atoms with Gasteiger partial charge in [-0.1, -0.05) is 12.1 Å². The van der Waals surface area contributed by atoms with Gasteiger partial charge in [0.25, 0.3) is 5.91 Å².